The maximum Gasteiger partial charge on any atom is 0.161 e. The van der Waals surface area contributed by atoms with Crippen molar-refractivity contribution in [1.29, 1.82) is 0 Å². The largest absolute Gasteiger partial charge is 0.493 e. The Morgan fingerprint density at radius 2 is 2.06 bits per heavy atom. The van der Waals surface area contributed by atoms with Crippen LogP contribution in [0, 0.1) is 0 Å². The van der Waals surface area contributed by atoms with Crippen molar-refractivity contribution in [2.75, 3.05) is 7.11 Å². The van der Waals surface area contributed by atoms with Gasteiger partial charge in [0, 0.05) is 0 Å². The number of benzene rings is 1. The Balaban J connectivity index is 2.21. The second-order valence-electron chi connectivity index (χ2n) is 4.47. The normalized spacial score (nSPS) is 17.4. The number of carbonyl (C=O) groups is 1. The summed E-state index contributed by atoms with van der Waals surface area (Å²) in [7, 11) is 1.63. The van der Waals surface area contributed by atoms with Gasteiger partial charge in [-0.25, -0.2) is 0 Å². The minimum absolute atomic E-state index is 0.277. The maximum absolute atomic E-state index is 10.8. The number of halogens is 1. The van der Waals surface area contributed by atoms with Gasteiger partial charge in [0.05, 0.1) is 18.0 Å². The van der Waals surface area contributed by atoms with Crippen LogP contribution in [-0.4, -0.2) is 19.5 Å². The summed E-state index contributed by atoms with van der Waals surface area (Å²) in [5.41, 5.74) is 0.888. The van der Waals surface area contributed by atoms with E-state index in [0.29, 0.717) is 0 Å². The van der Waals surface area contributed by atoms with E-state index in [1.807, 2.05) is 18.2 Å². The fraction of sp³-hybridized carbons (Fsp3) is 0.500. The zero-order valence-corrected chi connectivity index (χ0v) is 12.0. The molecule has 1 aliphatic rings. The molecule has 1 atom stereocenters. The molecule has 1 aromatic carbocycles. The first-order valence-corrected chi connectivity index (χ1v) is 7.10. The van der Waals surface area contributed by atoms with Crippen LogP contribution in [0.5, 0.6) is 11.5 Å². The van der Waals surface area contributed by atoms with Crippen molar-refractivity contribution in [3.63, 3.8) is 0 Å². The first-order chi connectivity index (χ1) is 8.74. The van der Waals surface area contributed by atoms with E-state index < -0.39 is 0 Å². The van der Waals surface area contributed by atoms with E-state index in [1.54, 1.807) is 7.11 Å². The molecule has 2 rings (SSSR count). The number of carbonyl (C=O) groups excluding carboxylic acids is 1. The van der Waals surface area contributed by atoms with Crippen LogP contribution in [0.25, 0.3) is 0 Å². The van der Waals surface area contributed by atoms with Crippen molar-refractivity contribution < 1.29 is 14.3 Å². The lowest BCUT2D eigenvalue weighted by Crippen LogP contribution is -2.12. The van der Waals surface area contributed by atoms with Gasteiger partial charge in [-0.05, 0) is 43.4 Å². The summed E-state index contributed by atoms with van der Waals surface area (Å²) < 4.78 is 11.3. The third-order valence-electron chi connectivity index (χ3n) is 3.22. The Morgan fingerprint density at radius 3 is 2.67 bits per heavy atom. The Bertz CT molecular complexity index is 414. The van der Waals surface area contributed by atoms with Crippen LogP contribution in [0.1, 0.15) is 36.1 Å². The molecule has 4 heteroatoms. The van der Waals surface area contributed by atoms with Crippen LogP contribution in [0.2, 0.25) is 0 Å². The SMILES string of the molecule is COc1ccc(C(Br)C=O)cc1OC1CCCC1. The van der Waals surface area contributed by atoms with Crippen molar-refractivity contribution in [3.05, 3.63) is 23.8 Å². The number of rotatable bonds is 5. The van der Waals surface area contributed by atoms with Crippen LogP contribution in [0.4, 0.5) is 0 Å². The first kappa shape index (κ1) is 13.4. The minimum Gasteiger partial charge on any atom is -0.493 e. The highest BCUT2D eigenvalue weighted by Crippen LogP contribution is 2.35. The highest BCUT2D eigenvalue weighted by atomic mass is 79.9. The number of alkyl halides is 1. The fourth-order valence-corrected chi connectivity index (χ4v) is 2.51. The second-order valence-corrected chi connectivity index (χ2v) is 5.46. The molecule has 3 nitrogen and oxygen atoms in total. The third-order valence-corrected chi connectivity index (χ3v) is 3.97. The fourth-order valence-electron chi connectivity index (χ4n) is 2.22. The number of hydrogen-bond acceptors (Lipinski definition) is 3. The summed E-state index contributed by atoms with van der Waals surface area (Å²) in [6.45, 7) is 0. The van der Waals surface area contributed by atoms with E-state index in [2.05, 4.69) is 15.9 Å². The zero-order chi connectivity index (χ0) is 13.0. The third kappa shape index (κ3) is 3.05. The van der Waals surface area contributed by atoms with E-state index >= 15 is 0 Å². The predicted octanol–water partition coefficient (Wildman–Crippen LogP) is 3.65. The average Bonchev–Trinajstić information content (AvgIpc) is 2.90. The molecule has 1 saturated carbocycles. The molecule has 0 saturated heterocycles. The van der Waals surface area contributed by atoms with Gasteiger partial charge in [-0.2, -0.15) is 0 Å². The van der Waals surface area contributed by atoms with Gasteiger partial charge >= 0.3 is 0 Å². The maximum atomic E-state index is 10.8. The van der Waals surface area contributed by atoms with Crippen molar-refractivity contribution in [3.8, 4) is 11.5 Å². The molecule has 0 aromatic heterocycles. The molecule has 1 unspecified atom stereocenters. The van der Waals surface area contributed by atoms with Gasteiger partial charge in [0.1, 0.15) is 6.29 Å². The van der Waals surface area contributed by atoms with Crippen molar-refractivity contribution >= 4 is 22.2 Å². The molecule has 1 aliphatic carbocycles. The zero-order valence-electron chi connectivity index (χ0n) is 10.4. The average molecular weight is 313 g/mol. The molecule has 0 heterocycles. The topological polar surface area (TPSA) is 35.5 Å². The molecule has 98 valence electrons. The summed E-state index contributed by atoms with van der Waals surface area (Å²) in [5.74, 6) is 1.45. The molecule has 1 aromatic rings. The smallest absolute Gasteiger partial charge is 0.161 e. The van der Waals surface area contributed by atoms with Gasteiger partial charge in [0.2, 0.25) is 0 Å². The summed E-state index contributed by atoms with van der Waals surface area (Å²) in [6, 6.07) is 5.59. The lowest BCUT2D eigenvalue weighted by Gasteiger charge is -2.17. The van der Waals surface area contributed by atoms with E-state index in [0.717, 1.165) is 36.2 Å². The van der Waals surface area contributed by atoms with Crippen LogP contribution in [-0.2, 0) is 4.79 Å². The molecule has 0 radical (unpaired) electrons. The molecular formula is C14H17BrO3. The predicted molar refractivity (Wildman–Crippen MR) is 73.6 cm³/mol. The molecular weight excluding hydrogens is 296 g/mol. The van der Waals surface area contributed by atoms with Gasteiger partial charge in [0.25, 0.3) is 0 Å². The van der Waals surface area contributed by atoms with E-state index in [1.165, 1.54) is 12.8 Å². The summed E-state index contributed by atoms with van der Waals surface area (Å²) in [5, 5.41) is 0. The summed E-state index contributed by atoms with van der Waals surface area (Å²) >= 11 is 3.31. The van der Waals surface area contributed by atoms with Crippen LogP contribution >= 0.6 is 15.9 Å². The van der Waals surface area contributed by atoms with Crippen LogP contribution in [0.3, 0.4) is 0 Å². The first-order valence-electron chi connectivity index (χ1n) is 6.18. The summed E-state index contributed by atoms with van der Waals surface area (Å²) in [6.07, 6.45) is 5.78. The number of methoxy groups -OCH3 is 1. The Labute approximate surface area is 116 Å². The number of ether oxygens (including phenoxy) is 2. The summed E-state index contributed by atoms with van der Waals surface area (Å²) in [4.78, 5) is 10.5. The number of aldehydes is 1. The Hall–Kier alpha value is -1.03. The van der Waals surface area contributed by atoms with Gasteiger partial charge in [-0.1, -0.05) is 22.0 Å². The second kappa shape index (κ2) is 6.23. The van der Waals surface area contributed by atoms with Gasteiger partial charge in [-0.15, -0.1) is 0 Å². The highest BCUT2D eigenvalue weighted by molar-refractivity contribution is 9.09. The standard InChI is InChI=1S/C14H17BrO3/c1-17-13-7-6-10(12(15)9-16)8-14(13)18-11-4-2-3-5-11/h6-9,11-12H,2-5H2,1H3. The van der Waals surface area contributed by atoms with Gasteiger partial charge in [-0.3, -0.25) is 0 Å². The monoisotopic (exact) mass is 312 g/mol. The van der Waals surface area contributed by atoms with Crippen molar-refractivity contribution in [2.45, 2.75) is 36.6 Å². The molecule has 0 amide bonds. The molecule has 18 heavy (non-hydrogen) atoms. The molecule has 0 aliphatic heterocycles. The van der Waals surface area contributed by atoms with E-state index in [4.69, 9.17) is 9.47 Å². The van der Waals surface area contributed by atoms with Gasteiger partial charge < -0.3 is 14.3 Å². The Kier molecular flexibility index (Phi) is 4.64. The lowest BCUT2D eigenvalue weighted by molar-refractivity contribution is -0.107. The van der Waals surface area contributed by atoms with Crippen LogP contribution < -0.4 is 9.47 Å². The van der Waals surface area contributed by atoms with Gasteiger partial charge in [0.15, 0.2) is 11.5 Å². The van der Waals surface area contributed by atoms with Crippen molar-refractivity contribution in [2.24, 2.45) is 0 Å². The van der Waals surface area contributed by atoms with E-state index in [9.17, 15) is 4.79 Å². The highest BCUT2D eigenvalue weighted by Gasteiger charge is 2.19. The molecule has 0 spiro atoms. The molecule has 1 fully saturated rings. The van der Waals surface area contributed by atoms with Crippen molar-refractivity contribution in [1.82, 2.24) is 0 Å². The number of hydrogen-bond donors (Lipinski definition) is 0. The molecule has 0 N–H and O–H groups in total. The molecule has 0 bridgehead atoms. The minimum atomic E-state index is -0.297. The van der Waals surface area contributed by atoms with E-state index in [-0.39, 0.29) is 10.9 Å². The lowest BCUT2D eigenvalue weighted by atomic mass is 10.1. The quantitative estimate of drug-likeness (QED) is 0.615. The Morgan fingerprint density at radius 1 is 1.33 bits per heavy atom. The van der Waals surface area contributed by atoms with Crippen LogP contribution in [0.15, 0.2) is 18.2 Å².